The summed E-state index contributed by atoms with van der Waals surface area (Å²) < 4.78 is 21.6. The molecule has 5 heteroatoms. The van der Waals surface area contributed by atoms with Crippen molar-refractivity contribution in [3.8, 4) is 0 Å². The predicted molar refractivity (Wildman–Crippen MR) is 25.2 cm³/mol. The minimum atomic E-state index is -2.79. The molecule has 0 bridgehead atoms. The fourth-order valence-electron chi connectivity index (χ4n) is 0. The van der Waals surface area contributed by atoms with Gasteiger partial charge in [0.05, 0.1) is 0 Å². The van der Waals surface area contributed by atoms with Crippen molar-refractivity contribution in [3.63, 3.8) is 0 Å². The maximum atomic E-state index is 10.8. The number of hydrogen-bond acceptors (Lipinski definition) is 1. The van der Waals surface area contributed by atoms with Crippen LogP contribution in [0.25, 0.3) is 0 Å². The number of hydrogen-bond donors (Lipinski definition) is 2. The maximum absolute atomic E-state index is 10.8. The van der Waals surface area contributed by atoms with Gasteiger partial charge in [-0.05, 0) is 0 Å². The zero-order valence-corrected chi connectivity index (χ0v) is 4.14. The third-order valence-electron chi connectivity index (χ3n) is 0.235. The highest BCUT2D eigenvalue weighted by molar-refractivity contribution is 5.85. The first kappa shape index (κ1) is 9.80. The molecule has 0 radical (unpaired) electrons. The number of alkyl halides is 2. The summed E-state index contributed by atoms with van der Waals surface area (Å²) in [7, 11) is 0. The van der Waals surface area contributed by atoms with Gasteiger partial charge in [0.1, 0.15) is 0 Å². The maximum Gasteiger partial charge on any atom is 0.294 e. The first-order valence-electron chi connectivity index (χ1n) is 1.26. The van der Waals surface area contributed by atoms with Gasteiger partial charge in [0.25, 0.3) is 6.43 Å². The van der Waals surface area contributed by atoms with Crippen LogP contribution < -0.4 is 5.73 Å². The average molecular weight is 131 g/mol. The Morgan fingerprint density at radius 3 is 1.71 bits per heavy atom. The molecular formula is C2H5ClF2N2. The number of nitrogens with one attached hydrogen (secondary N) is 1. The Morgan fingerprint density at radius 1 is 1.57 bits per heavy atom. The number of halogens is 3. The van der Waals surface area contributed by atoms with Gasteiger partial charge < -0.3 is 5.73 Å². The van der Waals surface area contributed by atoms with E-state index in [2.05, 4.69) is 5.73 Å². The van der Waals surface area contributed by atoms with E-state index in [-0.39, 0.29) is 12.4 Å². The van der Waals surface area contributed by atoms with Crippen LogP contribution in [0.1, 0.15) is 0 Å². The first-order chi connectivity index (χ1) is 2.64. The van der Waals surface area contributed by atoms with Gasteiger partial charge in [0.15, 0.2) is 5.84 Å². The summed E-state index contributed by atoms with van der Waals surface area (Å²) in [6.45, 7) is 0. The Kier molecular flexibility index (Phi) is 5.31. The lowest BCUT2D eigenvalue weighted by atomic mass is 10.7. The fraction of sp³-hybridized carbons (Fsp3) is 0.500. The normalized spacial score (nSPS) is 7.86. The Morgan fingerprint density at radius 2 is 1.71 bits per heavy atom. The van der Waals surface area contributed by atoms with Crippen molar-refractivity contribution in [2.24, 2.45) is 5.73 Å². The summed E-state index contributed by atoms with van der Waals surface area (Å²) in [5.74, 6) is -1.07. The van der Waals surface area contributed by atoms with Crippen molar-refractivity contribution < 1.29 is 8.78 Å². The van der Waals surface area contributed by atoms with Crippen LogP contribution >= 0.6 is 12.4 Å². The summed E-state index contributed by atoms with van der Waals surface area (Å²) >= 11 is 0. The van der Waals surface area contributed by atoms with Crippen LogP contribution in [0.3, 0.4) is 0 Å². The van der Waals surface area contributed by atoms with Crippen molar-refractivity contribution in [2.45, 2.75) is 6.43 Å². The van der Waals surface area contributed by atoms with E-state index in [9.17, 15) is 8.78 Å². The highest BCUT2D eigenvalue weighted by Crippen LogP contribution is 1.86. The van der Waals surface area contributed by atoms with Gasteiger partial charge in [0, 0.05) is 0 Å². The SMILES string of the molecule is Cl.N=C(N)C(F)F. The van der Waals surface area contributed by atoms with Crippen molar-refractivity contribution in [2.75, 3.05) is 0 Å². The Hall–Kier alpha value is -0.380. The van der Waals surface area contributed by atoms with Crippen LogP contribution in [0, 0.1) is 5.41 Å². The molecule has 0 unspecified atom stereocenters. The van der Waals surface area contributed by atoms with Gasteiger partial charge in [-0.3, -0.25) is 5.41 Å². The molecule has 0 aromatic carbocycles. The molecule has 0 aliphatic rings. The van der Waals surface area contributed by atoms with E-state index in [0.29, 0.717) is 0 Å². The second-order valence-corrected chi connectivity index (χ2v) is 0.756. The minimum Gasteiger partial charge on any atom is -0.383 e. The zero-order valence-electron chi connectivity index (χ0n) is 3.32. The monoisotopic (exact) mass is 130 g/mol. The summed E-state index contributed by atoms with van der Waals surface area (Å²) in [5.41, 5.74) is 4.27. The Labute approximate surface area is 45.6 Å². The van der Waals surface area contributed by atoms with Crippen molar-refractivity contribution >= 4 is 18.2 Å². The van der Waals surface area contributed by atoms with Crippen molar-refractivity contribution in [3.05, 3.63) is 0 Å². The summed E-state index contributed by atoms with van der Waals surface area (Å²) in [4.78, 5) is 0. The summed E-state index contributed by atoms with van der Waals surface area (Å²) in [6.07, 6.45) is -2.79. The van der Waals surface area contributed by atoms with Crippen LogP contribution in [-0.4, -0.2) is 12.3 Å². The molecule has 2 nitrogen and oxygen atoms in total. The number of amidine groups is 1. The van der Waals surface area contributed by atoms with Crippen LogP contribution in [0.15, 0.2) is 0 Å². The van der Waals surface area contributed by atoms with Crippen LogP contribution in [0.5, 0.6) is 0 Å². The van der Waals surface area contributed by atoms with E-state index in [1.807, 2.05) is 0 Å². The largest absolute Gasteiger partial charge is 0.383 e. The Bertz CT molecular complexity index is 64.7. The molecular weight excluding hydrogens is 125 g/mol. The molecule has 44 valence electrons. The molecule has 0 aliphatic heterocycles. The molecule has 0 aliphatic carbocycles. The topological polar surface area (TPSA) is 49.9 Å². The number of nitrogens with two attached hydrogens (primary N) is 1. The first-order valence-corrected chi connectivity index (χ1v) is 1.26. The average Bonchev–Trinajstić information content (AvgIpc) is 1.36. The molecule has 0 fully saturated rings. The van der Waals surface area contributed by atoms with Crippen LogP contribution in [-0.2, 0) is 0 Å². The second-order valence-electron chi connectivity index (χ2n) is 0.756. The van der Waals surface area contributed by atoms with Gasteiger partial charge in [-0.1, -0.05) is 0 Å². The molecule has 0 saturated heterocycles. The van der Waals surface area contributed by atoms with E-state index in [1.54, 1.807) is 0 Å². The molecule has 0 saturated carbocycles. The van der Waals surface area contributed by atoms with Crippen molar-refractivity contribution in [1.82, 2.24) is 0 Å². The lowest BCUT2D eigenvalue weighted by Gasteiger charge is -1.87. The smallest absolute Gasteiger partial charge is 0.294 e. The second kappa shape index (κ2) is 3.80. The molecule has 0 aromatic heterocycles. The third-order valence-corrected chi connectivity index (χ3v) is 0.235. The molecule has 0 rings (SSSR count). The molecule has 0 aromatic rings. The van der Waals surface area contributed by atoms with E-state index in [1.165, 1.54) is 0 Å². The van der Waals surface area contributed by atoms with Gasteiger partial charge >= 0.3 is 0 Å². The van der Waals surface area contributed by atoms with E-state index in [4.69, 9.17) is 5.41 Å². The van der Waals surface area contributed by atoms with E-state index >= 15 is 0 Å². The van der Waals surface area contributed by atoms with Crippen LogP contribution in [0.4, 0.5) is 8.78 Å². The van der Waals surface area contributed by atoms with Gasteiger partial charge in [-0.15, -0.1) is 12.4 Å². The van der Waals surface area contributed by atoms with Crippen LogP contribution in [0.2, 0.25) is 0 Å². The molecule has 3 N–H and O–H groups in total. The van der Waals surface area contributed by atoms with Gasteiger partial charge in [0.2, 0.25) is 0 Å². The summed E-state index contributed by atoms with van der Waals surface area (Å²) in [6, 6.07) is 0. The molecule has 0 atom stereocenters. The standard InChI is InChI=1S/C2H4F2N2.ClH/c3-1(4)2(5)6;/h1H,(H3,5,6);1H. The minimum absolute atomic E-state index is 0. The predicted octanol–water partition coefficient (Wildman–Crippen LogP) is 0.609. The fourth-order valence-corrected chi connectivity index (χ4v) is 0. The molecule has 0 spiro atoms. The third kappa shape index (κ3) is 5.62. The molecule has 0 amide bonds. The quantitative estimate of drug-likeness (QED) is 0.397. The van der Waals surface area contributed by atoms with E-state index < -0.39 is 12.3 Å². The van der Waals surface area contributed by atoms with Gasteiger partial charge in [-0.2, -0.15) is 0 Å². The zero-order chi connectivity index (χ0) is 5.15. The van der Waals surface area contributed by atoms with Gasteiger partial charge in [-0.25, -0.2) is 8.78 Å². The number of rotatable bonds is 1. The van der Waals surface area contributed by atoms with Crippen molar-refractivity contribution in [1.29, 1.82) is 5.41 Å². The highest BCUT2D eigenvalue weighted by atomic mass is 35.5. The summed E-state index contributed by atoms with van der Waals surface area (Å²) in [5, 5.41) is 5.98. The Balaban J connectivity index is 0. The molecule has 7 heavy (non-hydrogen) atoms. The lowest BCUT2D eigenvalue weighted by molar-refractivity contribution is 0.223. The van der Waals surface area contributed by atoms with E-state index in [0.717, 1.165) is 0 Å². The molecule has 0 heterocycles. The lowest BCUT2D eigenvalue weighted by Crippen LogP contribution is -2.18. The highest BCUT2D eigenvalue weighted by Gasteiger charge is 2.02.